The van der Waals surface area contributed by atoms with E-state index in [0.29, 0.717) is 5.56 Å². The van der Waals surface area contributed by atoms with Gasteiger partial charge in [-0.15, -0.1) is 0 Å². The van der Waals surface area contributed by atoms with Gasteiger partial charge in [0.1, 0.15) is 11.9 Å². The number of hydrogen-bond acceptors (Lipinski definition) is 3. The maximum atomic E-state index is 12.7. The molecular weight excluding hydrogens is 379 g/mol. The van der Waals surface area contributed by atoms with Crippen molar-refractivity contribution in [3.8, 4) is 0 Å². The number of alkyl halides is 2. The number of hydrogen-bond donors (Lipinski definition) is 1. The molecule has 0 saturated carbocycles. The van der Waals surface area contributed by atoms with Crippen molar-refractivity contribution >= 4 is 41.7 Å². The minimum Gasteiger partial charge on any atom is -0.385 e. The molecule has 1 atom stereocenters. The van der Waals surface area contributed by atoms with Gasteiger partial charge < -0.3 is 5.11 Å². The lowest BCUT2D eigenvalue weighted by molar-refractivity contribution is 0.188. The van der Waals surface area contributed by atoms with Gasteiger partial charge in [0.05, 0.1) is 0 Å². The largest absolute Gasteiger partial charge is 0.385 e. The Bertz CT molecular complexity index is 485. The Balaban J connectivity index is 3.12. The quantitative estimate of drug-likeness (QED) is 0.805. The van der Waals surface area contributed by atoms with E-state index in [-0.39, 0.29) is 5.75 Å². The Hall–Kier alpha value is 0.0200. The van der Waals surface area contributed by atoms with Gasteiger partial charge in [0.2, 0.25) is 2.57 Å². The van der Waals surface area contributed by atoms with Gasteiger partial charge >= 0.3 is 0 Å². The van der Waals surface area contributed by atoms with E-state index in [1.165, 1.54) is 19.1 Å². The molecule has 0 unspecified atom stereocenters. The smallest absolute Gasteiger partial charge is 0.210 e. The summed E-state index contributed by atoms with van der Waals surface area (Å²) in [6.45, 7) is 1.48. The standard InChI is InChI=1S/C10H11Br2FO3S/c1-2-17(15,16)10(11,12)9(14)7-3-5-8(13)6-4-7/h3-6,9,14H,2H2,1H3/t9-/m1/s1. The summed E-state index contributed by atoms with van der Waals surface area (Å²) in [6, 6.07) is 4.99. The fourth-order valence-electron chi connectivity index (χ4n) is 1.20. The molecular formula is C10H11Br2FO3S. The van der Waals surface area contributed by atoms with E-state index in [1.54, 1.807) is 0 Å². The summed E-state index contributed by atoms with van der Waals surface area (Å²) in [5, 5.41) is 10.0. The van der Waals surface area contributed by atoms with Crippen LogP contribution in [0.2, 0.25) is 0 Å². The molecule has 0 amide bonds. The van der Waals surface area contributed by atoms with E-state index in [0.717, 1.165) is 12.1 Å². The first-order valence-electron chi connectivity index (χ1n) is 4.76. The summed E-state index contributed by atoms with van der Waals surface area (Å²) in [7, 11) is -3.57. The number of rotatable bonds is 4. The Morgan fingerprint density at radius 3 is 2.24 bits per heavy atom. The van der Waals surface area contributed by atoms with Gasteiger partial charge in [-0.1, -0.05) is 50.9 Å². The lowest BCUT2D eigenvalue weighted by atomic mass is 10.1. The minimum atomic E-state index is -3.57. The van der Waals surface area contributed by atoms with Crippen LogP contribution in [0, 0.1) is 5.82 Å². The van der Waals surface area contributed by atoms with Gasteiger partial charge in [-0.3, -0.25) is 0 Å². The zero-order chi connectivity index (χ0) is 13.3. The third-order valence-electron chi connectivity index (χ3n) is 2.30. The number of halogens is 3. The molecule has 1 aromatic carbocycles. The first-order valence-corrected chi connectivity index (χ1v) is 8.00. The van der Waals surface area contributed by atoms with Crippen molar-refractivity contribution in [2.45, 2.75) is 15.6 Å². The van der Waals surface area contributed by atoms with Gasteiger partial charge in [-0.25, -0.2) is 12.8 Å². The van der Waals surface area contributed by atoms with Crippen LogP contribution in [0.5, 0.6) is 0 Å². The van der Waals surface area contributed by atoms with E-state index in [9.17, 15) is 17.9 Å². The number of aliphatic hydroxyl groups is 1. The zero-order valence-corrected chi connectivity index (χ0v) is 12.9. The normalized spacial score (nSPS) is 14.6. The molecule has 17 heavy (non-hydrogen) atoms. The van der Waals surface area contributed by atoms with Crippen LogP contribution in [0.4, 0.5) is 4.39 Å². The highest BCUT2D eigenvalue weighted by Crippen LogP contribution is 2.44. The lowest BCUT2D eigenvalue weighted by Gasteiger charge is -2.26. The molecule has 0 aliphatic rings. The van der Waals surface area contributed by atoms with Crippen molar-refractivity contribution in [3.05, 3.63) is 35.6 Å². The highest BCUT2D eigenvalue weighted by Gasteiger charge is 2.45. The van der Waals surface area contributed by atoms with Crippen molar-refractivity contribution in [2.75, 3.05) is 5.75 Å². The summed E-state index contributed by atoms with van der Waals surface area (Å²) in [5.41, 5.74) is 0.303. The van der Waals surface area contributed by atoms with E-state index < -0.39 is 24.3 Å². The fourth-order valence-corrected chi connectivity index (χ4v) is 3.96. The average molecular weight is 390 g/mol. The second-order valence-corrected chi connectivity index (χ2v) is 10.5. The van der Waals surface area contributed by atoms with E-state index >= 15 is 0 Å². The molecule has 0 bridgehead atoms. The number of sulfone groups is 1. The predicted octanol–water partition coefficient (Wildman–Crippen LogP) is 2.74. The number of benzene rings is 1. The molecule has 1 rings (SSSR count). The highest BCUT2D eigenvalue weighted by molar-refractivity contribution is 9.28. The first-order chi connectivity index (χ1) is 7.72. The van der Waals surface area contributed by atoms with Gasteiger partial charge in [-0.2, -0.15) is 0 Å². The molecule has 0 fully saturated rings. The van der Waals surface area contributed by atoms with Crippen LogP contribution in [0.1, 0.15) is 18.6 Å². The van der Waals surface area contributed by atoms with Gasteiger partial charge in [0.25, 0.3) is 0 Å². The predicted molar refractivity (Wildman–Crippen MR) is 71.4 cm³/mol. The van der Waals surface area contributed by atoms with Crippen LogP contribution in [0.15, 0.2) is 24.3 Å². The summed E-state index contributed by atoms with van der Waals surface area (Å²) in [6.07, 6.45) is -1.34. The Labute approximate surface area is 116 Å². The van der Waals surface area contributed by atoms with Crippen LogP contribution in [-0.2, 0) is 9.84 Å². The van der Waals surface area contributed by atoms with Crippen LogP contribution in [-0.4, -0.2) is 21.8 Å². The Kier molecular flexibility index (Phi) is 4.73. The molecule has 0 radical (unpaired) electrons. The molecule has 0 saturated heterocycles. The molecule has 0 aliphatic carbocycles. The molecule has 0 spiro atoms. The second kappa shape index (κ2) is 5.34. The summed E-state index contributed by atoms with van der Waals surface area (Å²) in [5.74, 6) is -0.587. The SMILES string of the molecule is CCS(=O)(=O)C(Br)(Br)[C@H](O)c1ccc(F)cc1. The maximum Gasteiger partial charge on any atom is 0.210 e. The van der Waals surface area contributed by atoms with E-state index in [1.807, 2.05) is 0 Å². The summed E-state index contributed by atoms with van der Waals surface area (Å²) >= 11 is 5.94. The van der Waals surface area contributed by atoms with Crippen LogP contribution in [0.3, 0.4) is 0 Å². The minimum absolute atomic E-state index is 0.137. The van der Waals surface area contributed by atoms with Crippen molar-refractivity contribution in [2.24, 2.45) is 0 Å². The molecule has 1 N–H and O–H groups in total. The molecule has 1 aromatic rings. The fraction of sp³-hybridized carbons (Fsp3) is 0.400. The van der Waals surface area contributed by atoms with E-state index in [4.69, 9.17) is 0 Å². The zero-order valence-electron chi connectivity index (χ0n) is 8.90. The Morgan fingerprint density at radius 1 is 1.35 bits per heavy atom. The molecule has 0 aromatic heterocycles. The lowest BCUT2D eigenvalue weighted by Crippen LogP contribution is -2.33. The number of aliphatic hydroxyl groups excluding tert-OH is 1. The van der Waals surface area contributed by atoms with Crippen molar-refractivity contribution in [3.63, 3.8) is 0 Å². The van der Waals surface area contributed by atoms with E-state index in [2.05, 4.69) is 31.9 Å². The summed E-state index contributed by atoms with van der Waals surface area (Å²) in [4.78, 5) is 0. The maximum absolute atomic E-state index is 12.7. The van der Waals surface area contributed by atoms with Crippen molar-refractivity contribution < 1.29 is 17.9 Å². The van der Waals surface area contributed by atoms with Crippen LogP contribution in [0.25, 0.3) is 0 Å². The van der Waals surface area contributed by atoms with Gasteiger partial charge in [0, 0.05) is 5.75 Å². The Morgan fingerprint density at radius 2 is 1.82 bits per heavy atom. The third kappa shape index (κ3) is 3.07. The second-order valence-electron chi connectivity index (χ2n) is 3.42. The molecule has 0 heterocycles. The van der Waals surface area contributed by atoms with Crippen LogP contribution >= 0.6 is 31.9 Å². The summed E-state index contributed by atoms with van der Waals surface area (Å²) < 4.78 is 34.6. The van der Waals surface area contributed by atoms with Crippen molar-refractivity contribution in [1.29, 1.82) is 0 Å². The highest BCUT2D eigenvalue weighted by atomic mass is 79.9. The van der Waals surface area contributed by atoms with Gasteiger partial charge in [0.15, 0.2) is 9.84 Å². The molecule has 96 valence electrons. The van der Waals surface area contributed by atoms with Gasteiger partial charge in [-0.05, 0) is 17.7 Å². The third-order valence-corrected chi connectivity index (χ3v) is 7.94. The average Bonchev–Trinajstić information content (AvgIpc) is 2.28. The first kappa shape index (κ1) is 15.1. The molecule has 0 aliphatic heterocycles. The van der Waals surface area contributed by atoms with Crippen LogP contribution < -0.4 is 0 Å². The molecule has 7 heteroatoms. The monoisotopic (exact) mass is 388 g/mol. The molecule has 3 nitrogen and oxygen atoms in total. The topological polar surface area (TPSA) is 54.4 Å². The van der Waals surface area contributed by atoms with Crippen molar-refractivity contribution in [1.82, 2.24) is 0 Å².